The number of hydrogen-bond donors (Lipinski definition) is 2. The first kappa shape index (κ1) is 25.2. The van der Waals surface area contributed by atoms with Crippen molar-refractivity contribution in [2.45, 2.75) is 11.7 Å². The van der Waals surface area contributed by atoms with Crippen LogP contribution in [0.3, 0.4) is 0 Å². The number of benzene rings is 3. The largest absolute Gasteiger partial charge is 0.497 e. The fourth-order valence-electron chi connectivity index (χ4n) is 4.18. The lowest BCUT2D eigenvalue weighted by Gasteiger charge is -2.14. The number of carbonyl (C=O) groups is 1. The molecule has 1 amide bonds. The Kier molecular flexibility index (Phi) is 7.46. The number of carbonyl (C=O) groups excluding carboxylic acids is 1. The van der Waals surface area contributed by atoms with E-state index >= 15 is 0 Å². The molecular formula is C29H26N4O4S. The van der Waals surface area contributed by atoms with Crippen LogP contribution in [0.25, 0.3) is 22.2 Å². The molecule has 0 aliphatic rings. The number of anilines is 1. The molecule has 0 unspecified atom stereocenters. The summed E-state index contributed by atoms with van der Waals surface area (Å²) >= 11 is 1.21. The molecule has 0 radical (unpaired) electrons. The van der Waals surface area contributed by atoms with Gasteiger partial charge in [0.25, 0.3) is 5.56 Å². The fraction of sp³-hybridized carbons (Fsp3) is 0.138. The van der Waals surface area contributed by atoms with Crippen LogP contribution in [0.15, 0.2) is 95.0 Å². The van der Waals surface area contributed by atoms with Gasteiger partial charge in [0.05, 0.1) is 32.2 Å². The van der Waals surface area contributed by atoms with Gasteiger partial charge in [-0.1, -0.05) is 66.4 Å². The topological polar surface area (TPSA) is 98.2 Å². The number of rotatable bonds is 9. The van der Waals surface area contributed by atoms with Gasteiger partial charge in [-0.15, -0.1) is 0 Å². The highest BCUT2D eigenvalue weighted by Gasteiger charge is 2.18. The number of fused-ring (bicyclic) bond motifs is 1. The van der Waals surface area contributed by atoms with Crippen LogP contribution in [-0.2, 0) is 11.3 Å². The van der Waals surface area contributed by atoms with E-state index in [0.29, 0.717) is 33.4 Å². The first-order valence-electron chi connectivity index (χ1n) is 11.9. The number of hydrogen-bond acceptors (Lipinski definition) is 6. The summed E-state index contributed by atoms with van der Waals surface area (Å²) in [4.78, 5) is 34.6. The van der Waals surface area contributed by atoms with E-state index in [-0.39, 0.29) is 23.8 Å². The molecule has 0 saturated heterocycles. The molecule has 0 aliphatic heterocycles. The van der Waals surface area contributed by atoms with E-state index in [2.05, 4.69) is 10.3 Å². The van der Waals surface area contributed by atoms with Crippen LogP contribution >= 0.6 is 11.8 Å². The van der Waals surface area contributed by atoms with Gasteiger partial charge in [0, 0.05) is 11.8 Å². The Bertz CT molecular complexity index is 1650. The second-order valence-electron chi connectivity index (χ2n) is 8.47. The third-order valence-electron chi connectivity index (χ3n) is 6.02. The van der Waals surface area contributed by atoms with Crippen molar-refractivity contribution < 1.29 is 14.3 Å². The highest BCUT2D eigenvalue weighted by molar-refractivity contribution is 7.99. The molecule has 2 aromatic heterocycles. The maximum Gasteiger partial charge on any atom is 0.278 e. The maximum absolute atomic E-state index is 13.7. The van der Waals surface area contributed by atoms with Gasteiger partial charge in [0.2, 0.25) is 5.91 Å². The molecule has 5 aromatic rings. The Morgan fingerprint density at radius 1 is 1.00 bits per heavy atom. The molecule has 3 aromatic carbocycles. The van der Waals surface area contributed by atoms with Gasteiger partial charge in [0.15, 0.2) is 5.16 Å². The molecule has 9 heteroatoms. The van der Waals surface area contributed by atoms with E-state index in [1.165, 1.54) is 11.8 Å². The number of nitrogens with one attached hydrogen (secondary N) is 2. The molecule has 192 valence electrons. The monoisotopic (exact) mass is 526 g/mol. The molecule has 5 rings (SSSR count). The number of amides is 1. The fourth-order valence-corrected chi connectivity index (χ4v) is 4.97. The van der Waals surface area contributed by atoms with Gasteiger partial charge in [-0.3, -0.25) is 14.2 Å². The smallest absolute Gasteiger partial charge is 0.278 e. The molecule has 0 atom stereocenters. The van der Waals surface area contributed by atoms with Crippen molar-refractivity contribution in [2.24, 2.45) is 0 Å². The highest BCUT2D eigenvalue weighted by Crippen LogP contribution is 2.29. The van der Waals surface area contributed by atoms with E-state index in [4.69, 9.17) is 14.5 Å². The number of aromatic amines is 1. The molecule has 0 fully saturated rings. The summed E-state index contributed by atoms with van der Waals surface area (Å²) in [5, 5.41) is 3.32. The first-order valence-corrected chi connectivity index (χ1v) is 12.9. The normalized spacial score (nSPS) is 10.9. The van der Waals surface area contributed by atoms with Crippen molar-refractivity contribution in [3.63, 3.8) is 0 Å². The third-order valence-corrected chi connectivity index (χ3v) is 7.00. The van der Waals surface area contributed by atoms with Gasteiger partial charge in [0.1, 0.15) is 22.5 Å². The van der Waals surface area contributed by atoms with E-state index in [0.717, 1.165) is 16.7 Å². The van der Waals surface area contributed by atoms with Gasteiger partial charge in [-0.2, -0.15) is 0 Å². The molecule has 2 N–H and O–H groups in total. The minimum absolute atomic E-state index is 0.0548. The van der Waals surface area contributed by atoms with Crippen LogP contribution in [0.4, 0.5) is 5.69 Å². The zero-order chi connectivity index (χ0) is 26.5. The number of ether oxygens (including phenoxy) is 2. The lowest BCUT2D eigenvalue weighted by atomic mass is 10.1. The Balaban J connectivity index is 1.51. The van der Waals surface area contributed by atoms with Crippen molar-refractivity contribution in [3.05, 3.63) is 101 Å². The zero-order valence-electron chi connectivity index (χ0n) is 20.9. The average molecular weight is 527 g/mol. The van der Waals surface area contributed by atoms with Crippen molar-refractivity contribution in [3.8, 4) is 22.6 Å². The molecule has 0 bridgehead atoms. The third kappa shape index (κ3) is 5.28. The van der Waals surface area contributed by atoms with Crippen molar-refractivity contribution in [2.75, 3.05) is 25.3 Å². The summed E-state index contributed by atoms with van der Waals surface area (Å²) < 4.78 is 12.3. The van der Waals surface area contributed by atoms with E-state index in [9.17, 15) is 9.59 Å². The van der Waals surface area contributed by atoms with Crippen LogP contribution in [0.2, 0.25) is 0 Å². The lowest BCUT2D eigenvalue weighted by Crippen LogP contribution is -2.25. The average Bonchev–Trinajstić information content (AvgIpc) is 3.38. The first-order chi connectivity index (χ1) is 18.6. The summed E-state index contributed by atoms with van der Waals surface area (Å²) in [6.07, 6.45) is 1.80. The molecule has 38 heavy (non-hydrogen) atoms. The van der Waals surface area contributed by atoms with Crippen LogP contribution in [0.5, 0.6) is 11.5 Å². The standard InChI is InChI=1S/C29H26N4O4S/c1-36-21-12-8-9-19(15-21)17-33-28(35)27-26(22(16-30-27)20-10-4-3-5-11-20)32-29(33)38-18-25(34)31-23-13-6-7-14-24(23)37-2/h3-16,30H,17-18H2,1-2H3,(H,31,34). The van der Waals surface area contributed by atoms with E-state index < -0.39 is 0 Å². The summed E-state index contributed by atoms with van der Waals surface area (Å²) in [6, 6.07) is 24.5. The summed E-state index contributed by atoms with van der Waals surface area (Å²) in [5.74, 6) is 1.08. The molecule has 0 saturated carbocycles. The Labute approximate surface area is 223 Å². The summed E-state index contributed by atoms with van der Waals surface area (Å²) in [7, 11) is 3.15. The SMILES string of the molecule is COc1cccc(Cn2c(SCC(=O)Nc3ccccc3OC)nc3c(-c4ccccc4)c[nH]c3c2=O)c1. The molecular weight excluding hydrogens is 500 g/mol. The second-order valence-corrected chi connectivity index (χ2v) is 9.41. The maximum atomic E-state index is 13.7. The minimum Gasteiger partial charge on any atom is -0.497 e. The van der Waals surface area contributed by atoms with E-state index in [1.54, 1.807) is 37.1 Å². The van der Waals surface area contributed by atoms with Crippen molar-refractivity contribution in [1.29, 1.82) is 0 Å². The number of H-pyrrole nitrogens is 1. The van der Waals surface area contributed by atoms with Crippen LogP contribution in [-0.4, -0.2) is 40.4 Å². The van der Waals surface area contributed by atoms with Gasteiger partial charge < -0.3 is 19.8 Å². The Hall–Kier alpha value is -4.50. The Morgan fingerprint density at radius 2 is 1.79 bits per heavy atom. The lowest BCUT2D eigenvalue weighted by molar-refractivity contribution is -0.113. The number of thioether (sulfide) groups is 1. The minimum atomic E-state index is -0.237. The number of methoxy groups -OCH3 is 2. The number of nitrogens with zero attached hydrogens (tertiary/aromatic N) is 2. The molecule has 8 nitrogen and oxygen atoms in total. The predicted molar refractivity (Wildman–Crippen MR) is 150 cm³/mol. The molecule has 0 spiro atoms. The van der Waals surface area contributed by atoms with E-state index in [1.807, 2.05) is 66.7 Å². The molecule has 2 heterocycles. The highest BCUT2D eigenvalue weighted by atomic mass is 32.2. The summed E-state index contributed by atoms with van der Waals surface area (Å²) in [6.45, 7) is 0.273. The quantitative estimate of drug-likeness (QED) is 0.203. The van der Waals surface area contributed by atoms with Crippen LogP contribution in [0.1, 0.15) is 5.56 Å². The number of aromatic nitrogens is 3. The number of para-hydroxylation sites is 2. The summed E-state index contributed by atoms with van der Waals surface area (Å²) in [5.41, 5.74) is 3.99. The van der Waals surface area contributed by atoms with Gasteiger partial charge in [-0.25, -0.2) is 4.98 Å². The Morgan fingerprint density at radius 3 is 2.58 bits per heavy atom. The van der Waals surface area contributed by atoms with Gasteiger partial charge >= 0.3 is 0 Å². The molecule has 0 aliphatic carbocycles. The van der Waals surface area contributed by atoms with Crippen LogP contribution < -0.4 is 20.3 Å². The van der Waals surface area contributed by atoms with Crippen LogP contribution in [0, 0.1) is 0 Å². The predicted octanol–water partition coefficient (Wildman–Crippen LogP) is 5.19. The van der Waals surface area contributed by atoms with Gasteiger partial charge in [-0.05, 0) is 35.4 Å². The zero-order valence-corrected chi connectivity index (χ0v) is 21.7. The van der Waals surface area contributed by atoms with Crippen molar-refractivity contribution in [1.82, 2.24) is 14.5 Å². The van der Waals surface area contributed by atoms with Crippen molar-refractivity contribution >= 4 is 34.4 Å². The second kappa shape index (κ2) is 11.3.